The summed E-state index contributed by atoms with van der Waals surface area (Å²) in [6, 6.07) is 32.1. The lowest BCUT2D eigenvalue weighted by Gasteiger charge is -2.36. The molecule has 39 heavy (non-hydrogen) atoms. The Hall–Kier alpha value is -3.38. The van der Waals surface area contributed by atoms with Crippen molar-refractivity contribution < 1.29 is 4.18 Å². The molecule has 0 unspecified atom stereocenters. The highest BCUT2D eigenvalue weighted by molar-refractivity contribution is 7.94. The van der Waals surface area contributed by atoms with E-state index in [0.717, 1.165) is 49.4 Å². The predicted octanol–water partition coefficient (Wildman–Crippen LogP) is 9.66. The molecule has 5 heteroatoms. The molecule has 0 saturated carbocycles. The summed E-state index contributed by atoms with van der Waals surface area (Å²) < 4.78 is 5.93. The number of nitrogens with zero attached hydrogens (tertiary/aromatic N) is 2. The van der Waals surface area contributed by atoms with E-state index >= 15 is 0 Å². The Kier molecular flexibility index (Phi) is 7.94. The van der Waals surface area contributed by atoms with Crippen LogP contribution in [0.4, 0.5) is 0 Å². The van der Waals surface area contributed by atoms with E-state index in [0.29, 0.717) is 0 Å². The summed E-state index contributed by atoms with van der Waals surface area (Å²) in [6.07, 6.45) is 7.34. The number of hydrogen-bond donors (Lipinski definition) is 1. The van der Waals surface area contributed by atoms with E-state index in [1.807, 2.05) is 49.1 Å². The second-order valence-electron chi connectivity index (χ2n) is 10.6. The number of hydrogen-bond acceptors (Lipinski definition) is 5. The lowest BCUT2D eigenvalue weighted by molar-refractivity contribution is 0.105. The molecule has 0 spiro atoms. The van der Waals surface area contributed by atoms with Gasteiger partial charge in [-0.15, -0.1) is 0 Å². The van der Waals surface area contributed by atoms with E-state index in [4.69, 9.17) is 16.8 Å². The minimum atomic E-state index is -0.400. The number of pyridine rings is 2. The zero-order valence-electron chi connectivity index (χ0n) is 22.6. The summed E-state index contributed by atoms with van der Waals surface area (Å²) in [5, 5.41) is 0. The fraction of sp³-hybridized carbons (Fsp3) is 0.176. The number of aromatic nitrogens is 2. The van der Waals surface area contributed by atoms with Gasteiger partial charge in [-0.1, -0.05) is 30.3 Å². The molecule has 0 fully saturated rings. The highest BCUT2D eigenvalue weighted by Gasteiger charge is 2.35. The Balaban J connectivity index is 1.50. The van der Waals surface area contributed by atoms with Crippen LogP contribution in [-0.2, 0) is 4.18 Å². The Labute approximate surface area is 241 Å². The molecule has 0 atom stereocenters. The fourth-order valence-electron chi connectivity index (χ4n) is 4.08. The summed E-state index contributed by atoms with van der Waals surface area (Å²) >= 11 is 6.13. The SMILES string of the molecule is CC(C)(S)C(C)(C)OSc1cccc(-c2cccc(-c3cc(-c4ccncc4)cc(-c4ccncc4)c3)c2)c1. The first-order chi connectivity index (χ1) is 18.7. The topological polar surface area (TPSA) is 35.0 Å². The third kappa shape index (κ3) is 6.44. The van der Waals surface area contributed by atoms with Crippen LogP contribution in [0.5, 0.6) is 0 Å². The van der Waals surface area contributed by atoms with E-state index in [9.17, 15) is 0 Å². The summed E-state index contributed by atoms with van der Waals surface area (Å²) in [5.74, 6) is 0. The first-order valence-electron chi connectivity index (χ1n) is 12.9. The first kappa shape index (κ1) is 27.2. The van der Waals surface area contributed by atoms with Crippen LogP contribution in [0.1, 0.15) is 27.7 Å². The molecule has 5 aromatic rings. The quantitative estimate of drug-likeness (QED) is 0.155. The lowest BCUT2D eigenvalue weighted by Crippen LogP contribution is -2.41. The molecule has 0 radical (unpaired) electrons. The second kappa shape index (κ2) is 11.4. The van der Waals surface area contributed by atoms with Gasteiger partial charge in [0.15, 0.2) is 0 Å². The standard InChI is InChI=1S/C34H32N2OS2/c1-33(2,34(3,4)38)37-39-32-10-6-9-28(23-32)26-7-5-8-27(19-26)31-21-29(24-11-15-35-16-12-24)20-30(22-31)25-13-17-36-18-14-25/h5-23,38H,1-4H3. The van der Waals surface area contributed by atoms with Crippen LogP contribution in [0.2, 0.25) is 0 Å². The van der Waals surface area contributed by atoms with Gasteiger partial charge < -0.3 is 4.18 Å². The van der Waals surface area contributed by atoms with E-state index in [-0.39, 0.29) is 4.75 Å². The van der Waals surface area contributed by atoms with E-state index < -0.39 is 5.60 Å². The molecule has 5 rings (SSSR count). The highest BCUT2D eigenvalue weighted by atomic mass is 32.2. The molecule has 2 heterocycles. The molecule has 3 aromatic carbocycles. The molecule has 0 aliphatic rings. The number of rotatable bonds is 8. The maximum Gasteiger partial charge on any atom is 0.0915 e. The van der Waals surface area contributed by atoms with Gasteiger partial charge in [-0.05, 0) is 133 Å². The first-order valence-corrected chi connectivity index (χ1v) is 14.1. The predicted molar refractivity (Wildman–Crippen MR) is 168 cm³/mol. The van der Waals surface area contributed by atoms with Crippen LogP contribution in [-0.4, -0.2) is 20.3 Å². The molecule has 0 N–H and O–H groups in total. The maximum atomic E-state index is 6.21. The van der Waals surface area contributed by atoms with Gasteiger partial charge in [0.05, 0.1) is 5.60 Å². The molecular weight excluding hydrogens is 517 g/mol. The minimum absolute atomic E-state index is 0.272. The number of thiol groups is 1. The minimum Gasteiger partial charge on any atom is -0.303 e. The van der Waals surface area contributed by atoms with E-state index in [2.05, 4.69) is 104 Å². The van der Waals surface area contributed by atoms with Crippen LogP contribution in [0, 0.1) is 0 Å². The van der Waals surface area contributed by atoms with E-state index in [1.54, 1.807) is 0 Å². The molecule has 0 saturated heterocycles. The monoisotopic (exact) mass is 548 g/mol. The normalized spacial score (nSPS) is 11.9. The van der Waals surface area contributed by atoms with Gasteiger partial charge in [-0.2, -0.15) is 12.6 Å². The largest absolute Gasteiger partial charge is 0.303 e. The van der Waals surface area contributed by atoms with Crippen LogP contribution >= 0.6 is 24.7 Å². The Bertz CT molecular complexity index is 1500. The van der Waals surface area contributed by atoms with Gasteiger partial charge in [0, 0.05) is 46.5 Å². The van der Waals surface area contributed by atoms with Crippen molar-refractivity contribution in [3.63, 3.8) is 0 Å². The smallest absolute Gasteiger partial charge is 0.0915 e. The van der Waals surface area contributed by atoms with Crippen molar-refractivity contribution in [1.29, 1.82) is 0 Å². The van der Waals surface area contributed by atoms with Gasteiger partial charge >= 0.3 is 0 Å². The van der Waals surface area contributed by atoms with Crippen LogP contribution in [0.15, 0.2) is 121 Å². The molecule has 196 valence electrons. The van der Waals surface area contributed by atoms with Crippen molar-refractivity contribution in [3.05, 3.63) is 116 Å². The van der Waals surface area contributed by atoms with Gasteiger partial charge in [0.2, 0.25) is 0 Å². The van der Waals surface area contributed by atoms with Crippen LogP contribution in [0.3, 0.4) is 0 Å². The van der Waals surface area contributed by atoms with Crippen molar-refractivity contribution in [1.82, 2.24) is 9.97 Å². The maximum absolute atomic E-state index is 6.21. The van der Waals surface area contributed by atoms with Crippen molar-refractivity contribution in [2.24, 2.45) is 0 Å². The van der Waals surface area contributed by atoms with Crippen molar-refractivity contribution in [2.75, 3.05) is 0 Å². The molecular formula is C34H32N2OS2. The van der Waals surface area contributed by atoms with Gasteiger partial charge in [0.1, 0.15) is 0 Å². The fourth-order valence-corrected chi connectivity index (χ4v) is 5.01. The van der Waals surface area contributed by atoms with Crippen LogP contribution < -0.4 is 0 Å². The Morgan fingerprint density at radius 1 is 0.538 bits per heavy atom. The van der Waals surface area contributed by atoms with Gasteiger partial charge in [-0.25, -0.2) is 0 Å². The zero-order chi connectivity index (χ0) is 27.5. The second-order valence-corrected chi connectivity index (χ2v) is 12.5. The van der Waals surface area contributed by atoms with Crippen molar-refractivity contribution in [3.8, 4) is 44.5 Å². The van der Waals surface area contributed by atoms with Gasteiger partial charge in [-0.3, -0.25) is 9.97 Å². The van der Waals surface area contributed by atoms with Crippen molar-refractivity contribution in [2.45, 2.75) is 42.9 Å². The molecule has 0 aliphatic carbocycles. The summed E-state index contributed by atoms with van der Waals surface area (Å²) in [4.78, 5) is 9.46. The summed E-state index contributed by atoms with van der Waals surface area (Å²) in [7, 11) is 0. The van der Waals surface area contributed by atoms with Crippen LogP contribution in [0.25, 0.3) is 44.5 Å². The third-order valence-electron chi connectivity index (χ3n) is 7.14. The highest BCUT2D eigenvalue weighted by Crippen LogP contribution is 2.38. The molecule has 3 nitrogen and oxygen atoms in total. The Morgan fingerprint density at radius 2 is 0.949 bits per heavy atom. The molecule has 0 aliphatic heterocycles. The molecule has 0 bridgehead atoms. The number of benzene rings is 3. The average molecular weight is 549 g/mol. The summed E-state index contributed by atoms with van der Waals surface area (Å²) in [6.45, 7) is 8.28. The van der Waals surface area contributed by atoms with Crippen molar-refractivity contribution >= 4 is 24.7 Å². The zero-order valence-corrected chi connectivity index (χ0v) is 24.3. The third-order valence-corrected chi connectivity index (χ3v) is 8.63. The molecule has 2 aromatic heterocycles. The molecule has 0 amide bonds. The van der Waals surface area contributed by atoms with Gasteiger partial charge in [0.25, 0.3) is 0 Å². The summed E-state index contributed by atoms with van der Waals surface area (Å²) in [5.41, 5.74) is 8.79. The lowest BCUT2D eigenvalue weighted by atomic mass is 9.92. The average Bonchev–Trinajstić information content (AvgIpc) is 2.96. The Morgan fingerprint density at radius 3 is 1.46 bits per heavy atom. The van der Waals surface area contributed by atoms with E-state index in [1.165, 1.54) is 12.0 Å².